The highest BCUT2D eigenvalue weighted by Gasteiger charge is 2.31. The molecule has 0 saturated carbocycles. The Labute approximate surface area is 173 Å². The van der Waals surface area contributed by atoms with Gasteiger partial charge in [0, 0.05) is 36.3 Å². The quantitative estimate of drug-likeness (QED) is 0.765. The average molecular weight is 438 g/mol. The Morgan fingerprint density at radius 1 is 1.10 bits per heavy atom. The molecular weight excluding hydrogens is 418 g/mol. The van der Waals surface area contributed by atoms with Crippen LogP contribution in [0.4, 0.5) is 17.1 Å². The second-order valence-electron chi connectivity index (χ2n) is 6.59. The van der Waals surface area contributed by atoms with Crippen molar-refractivity contribution in [3.8, 4) is 5.75 Å². The van der Waals surface area contributed by atoms with E-state index in [1.165, 1.54) is 17.3 Å². The molecule has 0 spiro atoms. The SMILES string of the molecule is CC(=O)Nc1ccc(NC(=O)[C@@H]2CCN(S(C)(=O)=O)c3cc(Cl)ccc3O2)cc1. The lowest BCUT2D eigenvalue weighted by Crippen LogP contribution is -2.35. The van der Waals surface area contributed by atoms with Crippen LogP contribution in [0.2, 0.25) is 5.02 Å². The summed E-state index contributed by atoms with van der Waals surface area (Å²) in [5.41, 5.74) is 1.43. The number of hydrogen-bond acceptors (Lipinski definition) is 5. The van der Waals surface area contributed by atoms with Gasteiger partial charge in [-0.05, 0) is 42.5 Å². The van der Waals surface area contributed by atoms with E-state index in [2.05, 4.69) is 10.6 Å². The standard InChI is InChI=1S/C19H20ClN3O5S/c1-12(24)21-14-4-6-15(7-5-14)22-19(25)18-9-10-23(29(2,26)27)16-11-13(20)3-8-17(16)28-18/h3-8,11,18H,9-10H2,1-2H3,(H,21,24)(H,22,25)/t18-/m0/s1. The van der Waals surface area contributed by atoms with E-state index in [1.54, 1.807) is 36.4 Å². The van der Waals surface area contributed by atoms with Crippen LogP contribution in [0.1, 0.15) is 13.3 Å². The highest BCUT2D eigenvalue weighted by molar-refractivity contribution is 7.92. The molecule has 1 atom stereocenters. The molecule has 0 saturated heterocycles. The zero-order valence-electron chi connectivity index (χ0n) is 15.8. The van der Waals surface area contributed by atoms with Crippen molar-refractivity contribution in [2.45, 2.75) is 19.4 Å². The molecule has 2 N–H and O–H groups in total. The number of nitrogens with zero attached hydrogens (tertiary/aromatic N) is 1. The van der Waals surface area contributed by atoms with E-state index in [-0.39, 0.29) is 24.6 Å². The maximum atomic E-state index is 12.7. The first-order chi connectivity index (χ1) is 13.6. The molecule has 154 valence electrons. The van der Waals surface area contributed by atoms with Crippen molar-refractivity contribution >= 4 is 50.5 Å². The molecule has 2 aromatic rings. The molecule has 3 rings (SSSR count). The number of ether oxygens (including phenoxy) is 1. The monoisotopic (exact) mass is 437 g/mol. The summed E-state index contributed by atoms with van der Waals surface area (Å²) < 4.78 is 31.4. The van der Waals surface area contributed by atoms with Gasteiger partial charge in [0.05, 0.1) is 11.9 Å². The summed E-state index contributed by atoms with van der Waals surface area (Å²) in [5.74, 6) is -0.338. The Morgan fingerprint density at radius 3 is 2.31 bits per heavy atom. The summed E-state index contributed by atoms with van der Waals surface area (Å²) in [6, 6.07) is 11.2. The molecule has 1 aliphatic heterocycles. The molecule has 8 nitrogen and oxygen atoms in total. The van der Waals surface area contributed by atoms with E-state index in [0.29, 0.717) is 22.1 Å². The Balaban J connectivity index is 1.78. The Bertz CT molecular complexity index is 1040. The Morgan fingerprint density at radius 2 is 1.72 bits per heavy atom. The van der Waals surface area contributed by atoms with Gasteiger partial charge in [-0.15, -0.1) is 0 Å². The van der Waals surface area contributed by atoms with Crippen LogP contribution in [0.15, 0.2) is 42.5 Å². The second kappa shape index (κ2) is 8.30. The number of fused-ring (bicyclic) bond motifs is 1. The number of benzene rings is 2. The van der Waals surface area contributed by atoms with Crippen molar-refractivity contribution in [3.05, 3.63) is 47.5 Å². The molecule has 0 unspecified atom stereocenters. The van der Waals surface area contributed by atoms with Gasteiger partial charge in [0.2, 0.25) is 15.9 Å². The van der Waals surface area contributed by atoms with Gasteiger partial charge >= 0.3 is 0 Å². The molecule has 1 heterocycles. The number of rotatable bonds is 4. The van der Waals surface area contributed by atoms with E-state index >= 15 is 0 Å². The number of halogens is 1. The second-order valence-corrected chi connectivity index (χ2v) is 8.93. The van der Waals surface area contributed by atoms with Crippen LogP contribution in [0.3, 0.4) is 0 Å². The molecule has 2 amide bonds. The number of hydrogen-bond donors (Lipinski definition) is 2. The lowest BCUT2D eigenvalue weighted by Gasteiger charge is -2.21. The number of nitrogens with one attached hydrogen (secondary N) is 2. The van der Waals surface area contributed by atoms with E-state index in [1.807, 2.05) is 0 Å². The summed E-state index contributed by atoms with van der Waals surface area (Å²) in [6.07, 6.45) is 0.362. The fraction of sp³-hybridized carbons (Fsp3) is 0.263. The molecule has 0 bridgehead atoms. The molecule has 0 aromatic heterocycles. The highest BCUT2D eigenvalue weighted by atomic mass is 35.5. The molecule has 0 radical (unpaired) electrons. The summed E-state index contributed by atoms with van der Waals surface area (Å²) in [4.78, 5) is 23.8. The highest BCUT2D eigenvalue weighted by Crippen LogP contribution is 2.36. The molecule has 29 heavy (non-hydrogen) atoms. The van der Waals surface area contributed by atoms with Crippen LogP contribution < -0.4 is 19.7 Å². The van der Waals surface area contributed by atoms with E-state index in [4.69, 9.17) is 16.3 Å². The Hall–Kier alpha value is -2.78. The van der Waals surface area contributed by atoms with Gasteiger partial charge in [-0.2, -0.15) is 0 Å². The fourth-order valence-corrected chi connectivity index (χ4v) is 4.05. The predicted octanol–water partition coefficient (Wildman–Crippen LogP) is 2.85. The summed E-state index contributed by atoms with van der Waals surface area (Å²) in [5, 5.41) is 5.75. The first-order valence-corrected chi connectivity index (χ1v) is 11.0. The maximum absolute atomic E-state index is 12.7. The number of amides is 2. The molecule has 2 aromatic carbocycles. The van der Waals surface area contributed by atoms with Crippen LogP contribution in [0.25, 0.3) is 0 Å². The van der Waals surface area contributed by atoms with E-state index < -0.39 is 22.0 Å². The van der Waals surface area contributed by atoms with Crippen LogP contribution in [0.5, 0.6) is 5.75 Å². The number of anilines is 3. The molecule has 1 aliphatic rings. The lowest BCUT2D eigenvalue weighted by molar-refractivity contribution is -0.122. The maximum Gasteiger partial charge on any atom is 0.265 e. The van der Waals surface area contributed by atoms with Gasteiger partial charge in [-0.25, -0.2) is 8.42 Å². The summed E-state index contributed by atoms with van der Waals surface area (Å²) >= 11 is 6.01. The van der Waals surface area contributed by atoms with Crippen molar-refractivity contribution in [2.75, 3.05) is 27.7 Å². The van der Waals surface area contributed by atoms with Gasteiger partial charge in [0.15, 0.2) is 6.10 Å². The van der Waals surface area contributed by atoms with Crippen LogP contribution in [-0.4, -0.2) is 39.1 Å². The zero-order chi connectivity index (χ0) is 21.2. The van der Waals surface area contributed by atoms with Crippen molar-refractivity contribution in [1.82, 2.24) is 0 Å². The van der Waals surface area contributed by atoms with Crippen LogP contribution in [0, 0.1) is 0 Å². The third-order valence-electron chi connectivity index (χ3n) is 4.22. The third kappa shape index (κ3) is 5.18. The topological polar surface area (TPSA) is 105 Å². The lowest BCUT2D eigenvalue weighted by atomic mass is 10.2. The Kier molecular flexibility index (Phi) is 5.99. The van der Waals surface area contributed by atoms with Crippen molar-refractivity contribution < 1.29 is 22.7 Å². The van der Waals surface area contributed by atoms with E-state index in [0.717, 1.165) is 6.26 Å². The summed E-state index contributed by atoms with van der Waals surface area (Å²) in [7, 11) is -3.57. The predicted molar refractivity (Wildman–Crippen MR) is 112 cm³/mol. The van der Waals surface area contributed by atoms with Gasteiger partial charge in [-0.3, -0.25) is 13.9 Å². The van der Waals surface area contributed by atoms with Crippen LogP contribution in [-0.2, 0) is 19.6 Å². The minimum Gasteiger partial charge on any atom is -0.478 e. The summed E-state index contributed by atoms with van der Waals surface area (Å²) in [6.45, 7) is 1.48. The molecule has 10 heteroatoms. The van der Waals surface area contributed by atoms with Crippen molar-refractivity contribution in [1.29, 1.82) is 0 Å². The minimum atomic E-state index is -3.57. The molecule has 0 aliphatic carbocycles. The number of carbonyl (C=O) groups excluding carboxylic acids is 2. The molecule has 0 fully saturated rings. The normalized spacial score (nSPS) is 16.2. The van der Waals surface area contributed by atoms with E-state index in [9.17, 15) is 18.0 Å². The van der Waals surface area contributed by atoms with Gasteiger partial charge in [0.1, 0.15) is 5.75 Å². The van der Waals surface area contributed by atoms with Crippen molar-refractivity contribution in [3.63, 3.8) is 0 Å². The zero-order valence-corrected chi connectivity index (χ0v) is 17.4. The van der Waals surface area contributed by atoms with Gasteiger partial charge in [0.25, 0.3) is 5.91 Å². The number of sulfonamides is 1. The van der Waals surface area contributed by atoms with Crippen LogP contribution >= 0.6 is 11.6 Å². The average Bonchev–Trinajstić information content (AvgIpc) is 2.82. The number of carbonyl (C=O) groups is 2. The minimum absolute atomic E-state index is 0.0751. The van der Waals surface area contributed by atoms with Gasteiger partial charge in [-0.1, -0.05) is 11.6 Å². The largest absolute Gasteiger partial charge is 0.478 e. The molecular formula is C19H20ClN3O5S. The van der Waals surface area contributed by atoms with Crippen molar-refractivity contribution in [2.24, 2.45) is 0 Å². The smallest absolute Gasteiger partial charge is 0.265 e. The van der Waals surface area contributed by atoms with Gasteiger partial charge < -0.3 is 15.4 Å². The fourth-order valence-electron chi connectivity index (χ4n) is 2.94. The first kappa shape index (κ1) is 20.9. The first-order valence-electron chi connectivity index (χ1n) is 8.76. The third-order valence-corrected chi connectivity index (χ3v) is 5.63.